The molecule has 0 bridgehead atoms. The molecule has 2 fully saturated rings. The van der Waals surface area contributed by atoms with Crippen molar-refractivity contribution in [2.45, 2.75) is 84.3 Å². The van der Waals surface area contributed by atoms with E-state index in [4.69, 9.17) is 9.72 Å². The van der Waals surface area contributed by atoms with Crippen LogP contribution in [0.2, 0.25) is 0 Å². The molecule has 1 aromatic rings. The third-order valence-electron chi connectivity index (χ3n) is 7.13. The molecule has 1 aliphatic carbocycles. The van der Waals surface area contributed by atoms with Crippen LogP contribution in [0.25, 0.3) is 0 Å². The zero-order chi connectivity index (χ0) is 22.0. The Morgan fingerprint density at radius 1 is 1.16 bits per heavy atom. The van der Waals surface area contributed by atoms with Crippen LogP contribution in [0.3, 0.4) is 0 Å². The van der Waals surface area contributed by atoms with Gasteiger partial charge in [-0.3, -0.25) is 4.79 Å². The summed E-state index contributed by atoms with van der Waals surface area (Å²) in [5, 5.41) is 10.1. The van der Waals surface area contributed by atoms with Gasteiger partial charge < -0.3 is 14.5 Å². The van der Waals surface area contributed by atoms with Crippen molar-refractivity contribution in [1.29, 1.82) is 5.26 Å². The zero-order valence-electron chi connectivity index (χ0n) is 19.4. The van der Waals surface area contributed by atoms with Gasteiger partial charge in [0.2, 0.25) is 5.91 Å². The maximum absolute atomic E-state index is 12.9. The number of amides is 1. The number of hydrogen-bond acceptors (Lipinski definition) is 5. The molecule has 0 unspecified atom stereocenters. The minimum absolute atomic E-state index is 0.218. The maximum Gasteiger partial charge on any atom is 0.225 e. The summed E-state index contributed by atoms with van der Waals surface area (Å²) < 4.78 is 6.05. The van der Waals surface area contributed by atoms with Crippen LogP contribution in [-0.4, -0.2) is 47.6 Å². The molecule has 6 heteroatoms. The number of rotatable bonds is 4. The van der Waals surface area contributed by atoms with Crippen LogP contribution >= 0.6 is 0 Å². The van der Waals surface area contributed by atoms with Gasteiger partial charge in [-0.15, -0.1) is 0 Å². The predicted octanol–water partition coefficient (Wildman–Crippen LogP) is 3.99. The van der Waals surface area contributed by atoms with Gasteiger partial charge in [0, 0.05) is 49.8 Å². The summed E-state index contributed by atoms with van der Waals surface area (Å²) in [6, 6.07) is 2.47. The van der Waals surface area contributed by atoms with E-state index in [0.29, 0.717) is 18.1 Å². The number of nitriles is 1. The lowest BCUT2D eigenvalue weighted by atomic mass is 9.87. The Kier molecular flexibility index (Phi) is 6.52. The molecule has 1 aromatic heterocycles. The highest BCUT2D eigenvalue weighted by atomic mass is 16.5. The van der Waals surface area contributed by atoms with E-state index in [0.717, 1.165) is 80.9 Å². The van der Waals surface area contributed by atoms with Crippen molar-refractivity contribution >= 4 is 11.7 Å². The van der Waals surface area contributed by atoms with E-state index in [2.05, 4.69) is 31.7 Å². The summed E-state index contributed by atoms with van der Waals surface area (Å²) in [6.07, 6.45) is 8.35. The number of hydrogen-bond donors (Lipinski definition) is 0. The number of aromatic nitrogens is 1. The van der Waals surface area contributed by atoms with Crippen LogP contribution in [-0.2, 0) is 29.0 Å². The number of aryl methyl sites for hydroxylation is 1. The van der Waals surface area contributed by atoms with Gasteiger partial charge in [0.05, 0.1) is 17.8 Å². The average molecular weight is 425 g/mol. The van der Waals surface area contributed by atoms with Gasteiger partial charge in [0.15, 0.2) is 0 Å². The van der Waals surface area contributed by atoms with Crippen LogP contribution in [0.1, 0.15) is 81.7 Å². The summed E-state index contributed by atoms with van der Waals surface area (Å²) in [6.45, 7) is 9.79. The number of piperazine rings is 1. The first kappa shape index (κ1) is 22.1. The van der Waals surface area contributed by atoms with E-state index in [-0.39, 0.29) is 11.5 Å². The van der Waals surface area contributed by atoms with Crippen molar-refractivity contribution in [2.24, 2.45) is 5.92 Å². The smallest absolute Gasteiger partial charge is 0.225 e. The number of fused-ring (bicyclic) bond motifs is 1. The molecular weight excluding hydrogens is 388 g/mol. The highest BCUT2D eigenvalue weighted by Crippen LogP contribution is 2.36. The molecule has 31 heavy (non-hydrogen) atoms. The fourth-order valence-electron chi connectivity index (χ4n) is 5.36. The number of ether oxygens (including phenoxy) is 1. The molecule has 2 aliphatic heterocycles. The van der Waals surface area contributed by atoms with Crippen LogP contribution in [0.15, 0.2) is 0 Å². The van der Waals surface area contributed by atoms with Crippen LogP contribution < -0.4 is 4.90 Å². The molecule has 3 heterocycles. The van der Waals surface area contributed by atoms with Crippen LogP contribution in [0.5, 0.6) is 0 Å². The first-order chi connectivity index (χ1) is 14.9. The largest absolute Gasteiger partial charge is 0.370 e. The zero-order valence-corrected chi connectivity index (χ0v) is 19.4. The summed E-state index contributed by atoms with van der Waals surface area (Å²) in [4.78, 5) is 22.2. The normalized spacial score (nSPS) is 21.5. The third-order valence-corrected chi connectivity index (χ3v) is 7.13. The number of anilines is 1. The fourth-order valence-corrected chi connectivity index (χ4v) is 5.36. The van der Waals surface area contributed by atoms with Crippen molar-refractivity contribution < 1.29 is 9.53 Å². The second-order valence-corrected chi connectivity index (χ2v) is 9.95. The Bertz CT molecular complexity index is 859. The van der Waals surface area contributed by atoms with E-state index in [9.17, 15) is 10.1 Å². The molecule has 0 radical (unpaired) electrons. The van der Waals surface area contributed by atoms with Gasteiger partial charge in [0.1, 0.15) is 11.9 Å². The van der Waals surface area contributed by atoms with Gasteiger partial charge in [0.25, 0.3) is 0 Å². The third kappa shape index (κ3) is 4.57. The lowest BCUT2D eigenvalue weighted by molar-refractivity contribution is -0.136. The van der Waals surface area contributed by atoms with E-state index in [1.54, 1.807) is 0 Å². The van der Waals surface area contributed by atoms with Crippen LogP contribution in [0.4, 0.5) is 5.82 Å². The number of pyridine rings is 1. The predicted molar refractivity (Wildman–Crippen MR) is 121 cm³/mol. The number of carbonyl (C=O) groups excluding carboxylic acids is 1. The SMILES string of the molecule is CCCc1nc(N2CCN(C(=O)C3CCCCC3)CC2)c(C#N)c2c1COC(C)(C)C2. The van der Waals surface area contributed by atoms with Gasteiger partial charge >= 0.3 is 0 Å². The molecule has 0 spiro atoms. The second kappa shape index (κ2) is 9.16. The van der Waals surface area contributed by atoms with Gasteiger partial charge in [-0.05, 0) is 38.7 Å². The van der Waals surface area contributed by atoms with E-state index >= 15 is 0 Å². The molecule has 0 aromatic carbocycles. The minimum atomic E-state index is -0.272. The summed E-state index contributed by atoms with van der Waals surface area (Å²) in [5.41, 5.74) is 3.74. The Morgan fingerprint density at radius 3 is 2.52 bits per heavy atom. The Balaban J connectivity index is 1.56. The topological polar surface area (TPSA) is 69.5 Å². The molecular formula is C25H36N4O2. The highest BCUT2D eigenvalue weighted by molar-refractivity contribution is 5.79. The first-order valence-electron chi connectivity index (χ1n) is 12.1. The quantitative estimate of drug-likeness (QED) is 0.731. The Morgan fingerprint density at radius 2 is 1.87 bits per heavy atom. The Hall–Kier alpha value is -2.13. The fraction of sp³-hybridized carbons (Fsp3) is 0.720. The molecule has 1 amide bonds. The van der Waals surface area contributed by atoms with Crippen molar-refractivity contribution in [3.63, 3.8) is 0 Å². The van der Waals surface area contributed by atoms with E-state index < -0.39 is 0 Å². The van der Waals surface area contributed by atoms with Crippen molar-refractivity contribution in [1.82, 2.24) is 9.88 Å². The molecule has 4 rings (SSSR count). The Labute approximate surface area is 186 Å². The molecule has 1 saturated carbocycles. The number of carbonyl (C=O) groups is 1. The summed E-state index contributed by atoms with van der Waals surface area (Å²) in [7, 11) is 0. The molecule has 168 valence electrons. The summed E-state index contributed by atoms with van der Waals surface area (Å²) in [5.74, 6) is 1.37. The molecule has 6 nitrogen and oxygen atoms in total. The molecule has 0 atom stereocenters. The monoisotopic (exact) mass is 424 g/mol. The lowest BCUT2D eigenvalue weighted by Gasteiger charge is -2.39. The molecule has 1 saturated heterocycles. The number of nitrogens with zero attached hydrogens (tertiary/aromatic N) is 4. The standard InChI is InChI=1S/C25H36N4O2/c1-4-8-22-21-17-31-25(2,3)15-19(21)20(16-26)23(27-22)28-11-13-29(14-12-28)24(30)18-9-6-5-7-10-18/h18H,4-15,17H2,1-3H3. The van der Waals surface area contributed by atoms with Gasteiger partial charge in [-0.2, -0.15) is 5.26 Å². The summed E-state index contributed by atoms with van der Waals surface area (Å²) >= 11 is 0. The van der Waals surface area contributed by atoms with Crippen LogP contribution in [0, 0.1) is 17.2 Å². The van der Waals surface area contributed by atoms with Gasteiger partial charge in [-0.1, -0.05) is 32.6 Å². The van der Waals surface area contributed by atoms with Crippen molar-refractivity contribution in [3.8, 4) is 6.07 Å². The molecule has 0 N–H and O–H groups in total. The first-order valence-corrected chi connectivity index (χ1v) is 12.1. The van der Waals surface area contributed by atoms with Crippen molar-refractivity contribution in [2.75, 3.05) is 31.1 Å². The maximum atomic E-state index is 12.9. The molecule has 3 aliphatic rings. The highest BCUT2D eigenvalue weighted by Gasteiger charge is 2.34. The van der Waals surface area contributed by atoms with Crippen molar-refractivity contribution in [3.05, 3.63) is 22.4 Å². The average Bonchev–Trinajstić information content (AvgIpc) is 2.78. The second-order valence-electron chi connectivity index (χ2n) is 9.95. The lowest BCUT2D eigenvalue weighted by Crippen LogP contribution is -2.51. The minimum Gasteiger partial charge on any atom is -0.370 e. The van der Waals surface area contributed by atoms with Gasteiger partial charge in [-0.25, -0.2) is 4.98 Å². The van der Waals surface area contributed by atoms with E-state index in [1.165, 1.54) is 19.3 Å². The van der Waals surface area contributed by atoms with E-state index in [1.807, 2.05) is 4.90 Å².